The van der Waals surface area contributed by atoms with Crippen LogP contribution in [0.25, 0.3) is 0 Å². The molecule has 134 valence electrons. The van der Waals surface area contributed by atoms with E-state index in [1.165, 1.54) is 24.5 Å². The SMILES string of the molecule is CC(C)(C)c1ncc(NS(=O)(=O)c2ccc3c(c2)OCCCO3)cn1. The molecule has 0 amide bonds. The van der Waals surface area contributed by atoms with Gasteiger partial charge in [0.05, 0.1) is 36.2 Å². The Kier molecular flexibility index (Phi) is 4.55. The fourth-order valence-electron chi connectivity index (χ4n) is 2.29. The molecule has 2 aromatic rings. The topological polar surface area (TPSA) is 90.4 Å². The molecule has 25 heavy (non-hydrogen) atoms. The molecule has 8 heteroatoms. The van der Waals surface area contributed by atoms with Crippen LogP contribution >= 0.6 is 0 Å². The summed E-state index contributed by atoms with van der Waals surface area (Å²) < 4.78 is 38.7. The second-order valence-electron chi connectivity index (χ2n) is 6.81. The van der Waals surface area contributed by atoms with Gasteiger partial charge in [-0.05, 0) is 12.1 Å². The Morgan fingerprint density at radius 3 is 2.32 bits per heavy atom. The Bertz CT molecular complexity index is 858. The van der Waals surface area contributed by atoms with E-state index >= 15 is 0 Å². The number of hydrogen-bond donors (Lipinski definition) is 1. The van der Waals surface area contributed by atoms with Crippen LogP contribution in [0.1, 0.15) is 33.0 Å². The molecular formula is C17H21N3O4S. The van der Waals surface area contributed by atoms with E-state index in [9.17, 15) is 8.42 Å². The number of nitrogens with one attached hydrogen (secondary N) is 1. The van der Waals surface area contributed by atoms with Gasteiger partial charge in [-0.2, -0.15) is 0 Å². The van der Waals surface area contributed by atoms with Crippen LogP contribution in [0, 0.1) is 0 Å². The maximum Gasteiger partial charge on any atom is 0.262 e. The third-order valence-corrected chi connectivity index (χ3v) is 4.98. The van der Waals surface area contributed by atoms with Crippen LogP contribution in [0.3, 0.4) is 0 Å². The number of fused-ring (bicyclic) bond motifs is 1. The average molecular weight is 363 g/mol. The largest absolute Gasteiger partial charge is 0.490 e. The number of nitrogens with zero attached hydrogens (tertiary/aromatic N) is 2. The fraction of sp³-hybridized carbons (Fsp3) is 0.412. The molecule has 0 radical (unpaired) electrons. The monoisotopic (exact) mass is 363 g/mol. The first-order chi connectivity index (χ1) is 11.8. The first-order valence-electron chi connectivity index (χ1n) is 8.01. The van der Waals surface area contributed by atoms with Crippen molar-refractivity contribution in [3.05, 3.63) is 36.4 Å². The molecule has 0 saturated heterocycles. The van der Waals surface area contributed by atoms with Crippen molar-refractivity contribution in [1.29, 1.82) is 0 Å². The Morgan fingerprint density at radius 2 is 1.68 bits per heavy atom. The summed E-state index contributed by atoms with van der Waals surface area (Å²) in [6, 6.07) is 4.56. The van der Waals surface area contributed by atoms with E-state index in [4.69, 9.17) is 9.47 Å². The summed E-state index contributed by atoms with van der Waals surface area (Å²) in [7, 11) is -3.77. The van der Waals surface area contributed by atoms with E-state index < -0.39 is 10.0 Å². The van der Waals surface area contributed by atoms with Crippen LogP contribution in [-0.2, 0) is 15.4 Å². The highest BCUT2D eigenvalue weighted by molar-refractivity contribution is 7.92. The molecular weight excluding hydrogens is 342 g/mol. The molecule has 1 aliphatic heterocycles. The molecule has 3 rings (SSSR count). The first kappa shape index (κ1) is 17.5. The molecule has 1 aliphatic rings. The van der Waals surface area contributed by atoms with Crippen molar-refractivity contribution >= 4 is 15.7 Å². The summed E-state index contributed by atoms with van der Waals surface area (Å²) in [5.41, 5.74) is 0.103. The predicted molar refractivity (Wildman–Crippen MR) is 93.6 cm³/mol. The standard InChI is InChI=1S/C17H21N3O4S/c1-17(2,3)16-18-10-12(11-19-16)20-25(21,22)13-5-6-14-15(9-13)24-8-4-7-23-14/h5-6,9-11,20H,4,7-8H2,1-3H3. The van der Waals surface area contributed by atoms with Crippen LogP contribution in [0.2, 0.25) is 0 Å². The maximum absolute atomic E-state index is 12.6. The quantitative estimate of drug-likeness (QED) is 0.902. The number of ether oxygens (including phenoxy) is 2. The van der Waals surface area contributed by atoms with Gasteiger partial charge in [0.2, 0.25) is 0 Å². The number of rotatable bonds is 3. The lowest BCUT2D eigenvalue weighted by molar-refractivity contribution is 0.297. The molecule has 0 unspecified atom stereocenters. The van der Waals surface area contributed by atoms with Crippen molar-refractivity contribution in [3.8, 4) is 11.5 Å². The van der Waals surface area contributed by atoms with Gasteiger partial charge in [0, 0.05) is 17.9 Å². The zero-order valence-electron chi connectivity index (χ0n) is 14.4. The second-order valence-corrected chi connectivity index (χ2v) is 8.49. The normalized spacial score (nSPS) is 14.7. The van der Waals surface area contributed by atoms with E-state index in [0.717, 1.165) is 6.42 Å². The smallest absolute Gasteiger partial charge is 0.262 e. The van der Waals surface area contributed by atoms with Crippen molar-refractivity contribution in [2.75, 3.05) is 17.9 Å². The van der Waals surface area contributed by atoms with Crippen molar-refractivity contribution in [2.45, 2.75) is 37.5 Å². The highest BCUT2D eigenvalue weighted by atomic mass is 32.2. The lowest BCUT2D eigenvalue weighted by atomic mass is 9.96. The Balaban J connectivity index is 1.83. The molecule has 0 fully saturated rings. The molecule has 0 bridgehead atoms. The van der Waals surface area contributed by atoms with Crippen molar-refractivity contribution in [2.24, 2.45) is 0 Å². The molecule has 1 aromatic heterocycles. The number of sulfonamides is 1. The summed E-state index contributed by atoms with van der Waals surface area (Å²) in [5.74, 6) is 1.63. The molecule has 0 atom stereocenters. The number of benzene rings is 1. The van der Waals surface area contributed by atoms with Crippen LogP contribution < -0.4 is 14.2 Å². The summed E-state index contributed by atoms with van der Waals surface area (Å²) in [6.07, 6.45) is 3.69. The summed E-state index contributed by atoms with van der Waals surface area (Å²) in [6.45, 7) is 7.01. The van der Waals surface area contributed by atoms with Crippen molar-refractivity contribution < 1.29 is 17.9 Å². The van der Waals surface area contributed by atoms with Gasteiger partial charge in [-0.1, -0.05) is 20.8 Å². The van der Waals surface area contributed by atoms with Crippen LogP contribution in [-0.4, -0.2) is 31.6 Å². The third-order valence-electron chi connectivity index (χ3n) is 3.60. The van der Waals surface area contributed by atoms with Gasteiger partial charge >= 0.3 is 0 Å². The van der Waals surface area contributed by atoms with Crippen LogP contribution in [0.15, 0.2) is 35.5 Å². The van der Waals surface area contributed by atoms with Gasteiger partial charge in [-0.3, -0.25) is 4.72 Å². The van der Waals surface area contributed by atoms with Gasteiger partial charge in [0.25, 0.3) is 10.0 Å². The molecule has 2 heterocycles. The number of anilines is 1. The zero-order chi connectivity index (χ0) is 18.1. The van der Waals surface area contributed by atoms with Gasteiger partial charge in [0.15, 0.2) is 11.5 Å². The summed E-state index contributed by atoms with van der Waals surface area (Å²) in [4.78, 5) is 8.55. The minimum Gasteiger partial charge on any atom is -0.490 e. The molecule has 0 spiro atoms. The lowest BCUT2D eigenvalue weighted by Crippen LogP contribution is -2.17. The first-order valence-corrected chi connectivity index (χ1v) is 9.49. The van der Waals surface area contributed by atoms with E-state index in [1.54, 1.807) is 6.07 Å². The van der Waals surface area contributed by atoms with E-state index in [1.807, 2.05) is 20.8 Å². The minimum absolute atomic E-state index is 0.0941. The number of aromatic nitrogens is 2. The van der Waals surface area contributed by atoms with Gasteiger partial charge in [-0.25, -0.2) is 18.4 Å². The summed E-state index contributed by atoms with van der Waals surface area (Å²) in [5, 5.41) is 0. The minimum atomic E-state index is -3.77. The van der Waals surface area contributed by atoms with E-state index in [0.29, 0.717) is 36.2 Å². The van der Waals surface area contributed by atoms with E-state index in [-0.39, 0.29) is 10.3 Å². The second kappa shape index (κ2) is 6.51. The van der Waals surface area contributed by atoms with E-state index in [2.05, 4.69) is 14.7 Å². The molecule has 0 saturated carbocycles. The van der Waals surface area contributed by atoms with Crippen molar-refractivity contribution in [1.82, 2.24) is 9.97 Å². The average Bonchev–Trinajstić information content (AvgIpc) is 2.78. The Morgan fingerprint density at radius 1 is 1.04 bits per heavy atom. The predicted octanol–water partition coefficient (Wildman–Crippen LogP) is 2.74. The van der Waals surface area contributed by atoms with Crippen molar-refractivity contribution in [3.63, 3.8) is 0 Å². The van der Waals surface area contributed by atoms with Crippen LogP contribution in [0.5, 0.6) is 11.5 Å². The Hall–Kier alpha value is -2.35. The Labute approximate surface area is 147 Å². The van der Waals surface area contributed by atoms with Gasteiger partial charge in [0.1, 0.15) is 5.82 Å². The molecule has 0 aliphatic carbocycles. The number of hydrogen-bond acceptors (Lipinski definition) is 6. The van der Waals surface area contributed by atoms with Crippen LogP contribution in [0.4, 0.5) is 5.69 Å². The molecule has 1 N–H and O–H groups in total. The van der Waals surface area contributed by atoms with Gasteiger partial charge in [-0.15, -0.1) is 0 Å². The highest BCUT2D eigenvalue weighted by Crippen LogP contribution is 2.32. The summed E-state index contributed by atoms with van der Waals surface area (Å²) >= 11 is 0. The van der Waals surface area contributed by atoms with Gasteiger partial charge < -0.3 is 9.47 Å². The maximum atomic E-state index is 12.6. The fourth-order valence-corrected chi connectivity index (χ4v) is 3.34. The zero-order valence-corrected chi connectivity index (χ0v) is 15.3. The highest BCUT2D eigenvalue weighted by Gasteiger charge is 2.20. The third kappa shape index (κ3) is 4.01. The lowest BCUT2D eigenvalue weighted by Gasteiger charge is -2.16. The molecule has 7 nitrogen and oxygen atoms in total. The molecule has 1 aromatic carbocycles.